The third kappa shape index (κ3) is 2.46. The number of carbonyl (C=O) groups is 1. The molecule has 0 amide bonds. The van der Waals surface area contributed by atoms with E-state index in [2.05, 4.69) is 10.1 Å². The van der Waals surface area contributed by atoms with Crippen LogP contribution in [0.25, 0.3) is 16.9 Å². The molecule has 3 aromatic rings. The summed E-state index contributed by atoms with van der Waals surface area (Å²) in [6, 6.07) is 10.5. The Kier molecular flexibility index (Phi) is 3.65. The van der Waals surface area contributed by atoms with Gasteiger partial charge < -0.3 is 5.11 Å². The number of nitrogens with zero attached hydrogens (tertiary/aromatic N) is 3. The van der Waals surface area contributed by atoms with E-state index in [-0.39, 0.29) is 5.56 Å². The average Bonchev–Trinajstić information content (AvgIpc) is 2.87. The molecule has 110 valence electrons. The minimum absolute atomic E-state index is 0.182. The molecule has 0 atom stereocenters. The topological polar surface area (TPSA) is 68.0 Å². The Bertz CT molecular complexity index is 827. The fourth-order valence-electron chi connectivity index (χ4n) is 2.30. The first-order valence-corrected chi connectivity index (χ1v) is 6.95. The first kappa shape index (κ1) is 14.3. The van der Waals surface area contributed by atoms with Crippen molar-refractivity contribution >= 4 is 17.6 Å². The summed E-state index contributed by atoms with van der Waals surface area (Å²) in [6.07, 6.45) is 3.22. The molecule has 0 saturated carbocycles. The van der Waals surface area contributed by atoms with Crippen LogP contribution in [0.3, 0.4) is 0 Å². The Balaban J connectivity index is 2.22. The second-order valence-corrected chi connectivity index (χ2v) is 5.17. The quantitative estimate of drug-likeness (QED) is 0.802. The first-order chi connectivity index (χ1) is 10.6. The lowest BCUT2D eigenvalue weighted by Gasteiger charge is -2.04. The SMILES string of the molecule is Cc1c(C(=O)O)c(-c2ccncc2)nn1-c1ccc(Cl)cc1. The summed E-state index contributed by atoms with van der Waals surface area (Å²) in [4.78, 5) is 15.6. The van der Waals surface area contributed by atoms with Crippen LogP contribution < -0.4 is 0 Å². The molecule has 0 aliphatic carbocycles. The molecule has 0 unspecified atom stereocenters. The van der Waals surface area contributed by atoms with E-state index >= 15 is 0 Å². The second kappa shape index (κ2) is 5.61. The molecule has 0 aliphatic rings. The maximum absolute atomic E-state index is 11.6. The number of pyridine rings is 1. The fraction of sp³-hybridized carbons (Fsp3) is 0.0625. The molecule has 0 saturated heterocycles. The third-order valence-electron chi connectivity index (χ3n) is 3.36. The van der Waals surface area contributed by atoms with Crippen LogP contribution in [0.5, 0.6) is 0 Å². The zero-order valence-electron chi connectivity index (χ0n) is 11.7. The highest BCUT2D eigenvalue weighted by Gasteiger charge is 2.22. The number of carboxylic acids is 1. The highest BCUT2D eigenvalue weighted by Crippen LogP contribution is 2.27. The summed E-state index contributed by atoms with van der Waals surface area (Å²) in [6.45, 7) is 1.73. The van der Waals surface area contributed by atoms with E-state index in [0.717, 1.165) is 5.69 Å². The van der Waals surface area contributed by atoms with Gasteiger partial charge in [0.25, 0.3) is 0 Å². The molecular weight excluding hydrogens is 302 g/mol. The van der Waals surface area contributed by atoms with Gasteiger partial charge in [0.2, 0.25) is 0 Å². The number of rotatable bonds is 3. The van der Waals surface area contributed by atoms with Crippen molar-refractivity contribution in [3.8, 4) is 16.9 Å². The van der Waals surface area contributed by atoms with Crippen molar-refractivity contribution in [3.05, 3.63) is 65.1 Å². The first-order valence-electron chi connectivity index (χ1n) is 6.57. The van der Waals surface area contributed by atoms with E-state index in [4.69, 9.17) is 11.6 Å². The van der Waals surface area contributed by atoms with Gasteiger partial charge >= 0.3 is 5.97 Å². The fourth-order valence-corrected chi connectivity index (χ4v) is 2.43. The minimum atomic E-state index is -1.01. The molecule has 0 aliphatic heterocycles. The molecule has 0 spiro atoms. The van der Waals surface area contributed by atoms with Gasteiger partial charge in [-0.2, -0.15) is 5.10 Å². The molecule has 0 fully saturated rings. The Morgan fingerprint density at radius 3 is 2.36 bits per heavy atom. The van der Waals surface area contributed by atoms with Crippen molar-refractivity contribution in [2.24, 2.45) is 0 Å². The van der Waals surface area contributed by atoms with Crippen molar-refractivity contribution in [1.29, 1.82) is 0 Å². The number of benzene rings is 1. The monoisotopic (exact) mass is 313 g/mol. The molecule has 22 heavy (non-hydrogen) atoms. The van der Waals surface area contributed by atoms with Gasteiger partial charge in [0.15, 0.2) is 0 Å². The van der Waals surface area contributed by atoms with Crippen LogP contribution in [0.4, 0.5) is 0 Å². The van der Waals surface area contributed by atoms with Gasteiger partial charge in [-0.05, 0) is 43.3 Å². The number of carboxylic acid groups (broad SMARTS) is 1. The van der Waals surface area contributed by atoms with Crippen LogP contribution in [0.15, 0.2) is 48.8 Å². The predicted octanol–water partition coefficient (Wildman–Crippen LogP) is 3.59. The predicted molar refractivity (Wildman–Crippen MR) is 83.5 cm³/mol. The lowest BCUT2D eigenvalue weighted by molar-refractivity contribution is 0.0697. The summed E-state index contributed by atoms with van der Waals surface area (Å²) in [5, 5.41) is 14.6. The summed E-state index contributed by atoms with van der Waals surface area (Å²) in [7, 11) is 0. The summed E-state index contributed by atoms with van der Waals surface area (Å²) >= 11 is 5.89. The molecule has 1 aromatic carbocycles. The lowest BCUT2D eigenvalue weighted by atomic mass is 10.1. The molecule has 1 N–H and O–H groups in total. The Morgan fingerprint density at radius 2 is 1.77 bits per heavy atom. The van der Waals surface area contributed by atoms with Crippen LogP contribution in [-0.4, -0.2) is 25.8 Å². The van der Waals surface area contributed by atoms with Gasteiger partial charge in [-0.3, -0.25) is 4.98 Å². The number of halogens is 1. The summed E-state index contributed by atoms with van der Waals surface area (Å²) < 4.78 is 1.61. The van der Waals surface area contributed by atoms with Crippen molar-refractivity contribution < 1.29 is 9.90 Å². The van der Waals surface area contributed by atoms with Gasteiger partial charge in [-0.25, -0.2) is 9.48 Å². The number of aromatic nitrogens is 3. The standard InChI is InChI=1S/C16H12ClN3O2/c1-10-14(16(21)22)15(11-6-8-18-9-7-11)19-20(10)13-4-2-12(17)3-5-13/h2-9H,1H3,(H,21,22). The average molecular weight is 314 g/mol. The number of hydrogen-bond donors (Lipinski definition) is 1. The smallest absolute Gasteiger partial charge is 0.339 e. The highest BCUT2D eigenvalue weighted by atomic mass is 35.5. The Morgan fingerprint density at radius 1 is 1.14 bits per heavy atom. The molecule has 0 radical (unpaired) electrons. The van der Waals surface area contributed by atoms with Crippen molar-refractivity contribution in [3.63, 3.8) is 0 Å². The molecular formula is C16H12ClN3O2. The molecule has 2 heterocycles. The van der Waals surface area contributed by atoms with E-state index in [1.54, 1.807) is 60.4 Å². The van der Waals surface area contributed by atoms with Gasteiger partial charge in [-0.15, -0.1) is 0 Å². The van der Waals surface area contributed by atoms with E-state index in [1.165, 1.54) is 0 Å². The summed E-state index contributed by atoms with van der Waals surface area (Å²) in [5.41, 5.74) is 2.62. The van der Waals surface area contributed by atoms with Crippen molar-refractivity contribution in [2.75, 3.05) is 0 Å². The summed E-state index contributed by atoms with van der Waals surface area (Å²) in [5.74, 6) is -1.01. The van der Waals surface area contributed by atoms with Gasteiger partial charge in [0.1, 0.15) is 11.3 Å². The third-order valence-corrected chi connectivity index (χ3v) is 3.61. The van der Waals surface area contributed by atoms with E-state index in [1.807, 2.05) is 0 Å². The molecule has 3 rings (SSSR count). The maximum Gasteiger partial charge on any atom is 0.339 e. The number of hydrogen-bond acceptors (Lipinski definition) is 3. The maximum atomic E-state index is 11.6. The van der Waals surface area contributed by atoms with Crippen LogP contribution in [-0.2, 0) is 0 Å². The highest BCUT2D eigenvalue weighted by molar-refractivity contribution is 6.30. The van der Waals surface area contributed by atoms with E-state index < -0.39 is 5.97 Å². The zero-order chi connectivity index (χ0) is 15.7. The van der Waals surface area contributed by atoms with Crippen LogP contribution in [0.2, 0.25) is 5.02 Å². The molecule has 5 nitrogen and oxygen atoms in total. The second-order valence-electron chi connectivity index (χ2n) is 4.74. The van der Waals surface area contributed by atoms with Crippen LogP contribution in [0, 0.1) is 6.92 Å². The zero-order valence-corrected chi connectivity index (χ0v) is 12.4. The minimum Gasteiger partial charge on any atom is -0.478 e. The van der Waals surface area contributed by atoms with Crippen LogP contribution in [0.1, 0.15) is 16.1 Å². The molecule has 2 aromatic heterocycles. The van der Waals surface area contributed by atoms with Crippen LogP contribution >= 0.6 is 11.6 Å². The molecule has 0 bridgehead atoms. The normalized spacial score (nSPS) is 10.6. The van der Waals surface area contributed by atoms with Crippen molar-refractivity contribution in [2.45, 2.75) is 6.92 Å². The van der Waals surface area contributed by atoms with E-state index in [0.29, 0.717) is 22.0 Å². The largest absolute Gasteiger partial charge is 0.478 e. The van der Waals surface area contributed by atoms with E-state index in [9.17, 15) is 9.90 Å². The molecule has 6 heteroatoms. The van der Waals surface area contributed by atoms with Gasteiger partial charge in [0, 0.05) is 23.0 Å². The van der Waals surface area contributed by atoms with Gasteiger partial charge in [0.05, 0.1) is 11.4 Å². The lowest BCUT2D eigenvalue weighted by Crippen LogP contribution is -2.02. The van der Waals surface area contributed by atoms with Crippen molar-refractivity contribution in [1.82, 2.24) is 14.8 Å². The van der Waals surface area contributed by atoms with Gasteiger partial charge in [-0.1, -0.05) is 11.6 Å². The Labute approximate surface area is 131 Å². The number of aromatic carboxylic acids is 1. The Hall–Kier alpha value is -2.66.